The number of hydrogen-bond donors (Lipinski definition) is 0. The van der Waals surface area contributed by atoms with Crippen molar-refractivity contribution in [1.82, 2.24) is 9.80 Å². The Morgan fingerprint density at radius 2 is 1.86 bits per heavy atom. The number of fused-ring (bicyclic) bond motifs is 3. The Balaban J connectivity index is 1.33. The third-order valence-electron chi connectivity index (χ3n) is 8.56. The van der Waals surface area contributed by atoms with E-state index in [9.17, 15) is 9.59 Å². The molecule has 196 valence electrons. The molecule has 0 aromatic heterocycles. The van der Waals surface area contributed by atoms with Crippen LogP contribution in [0.4, 0.5) is 0 Å². The van der Waals surface area contributed by atoms with Gasteiger partial charge in [0.25, 0.3) is 5.91 Å². The van der Waals surface area contributed by atoms with E-state index in [2.05, 4.69) is 22.0 Å². The van der Waals surface area contributed by atoms with Gasteiger partial charge in [0.05, 0.1) is 5.41 Å². The molecule has 4 fully saturated rings. The maximum atomic E-state index is 13.9. The number of carbonyl (C=O) groups is 2. The van der Waals surface area contributed by atoms with Crippen molar-refractivity contribution in [2.75, 3.05) is 26.7 Å². The molecule has 4 aliphatic rings. The maximum absolute atomic E-state index is 13.9. The molecule has 2 unspecified atom stereocenters. The minimum Gasteiger partial charge on any atom is -0.333 e. The number of benzene rings is 2. The molecule has 2 aromatic rings. The second-order valence-corrected chi connectivity index (χ2v) is 11.8. The van der Waals surface area contributed by atoms with Crippen LogP contribution in [0, 0.1) is 11.8 Å². The first kappa shape index (κ1) is 26.4. The maximum Gasteiger partial charge on any atom is 0.268 e. The van der Waals surface area contributed by atoms with Gasteiger partial charge in [0.15, 0.2) is 0 Å². The van der Waals surface area contributed by atoms with Gasteiger partial charge in [0.1, 0.15) is 6.04 Å². The summed E-state index contributed by atoms with van der Waals surface area (Å²) < 4.78 is 0. The number of hydrogen-bond acceptors (Lipinski definition) is 3. The highest BCUT2D eigenvalue weighted by Crippen LogP contribution is 2.52. The third kappa shape index (κ3) is 5.79. The van der Waals surface area contributed by atoms with Gasteiger partial charge in [-0.2, -0.15) is 0 Å². The zero-order valence-corrected chi connectivity index (χ0v) is 22.9. The summed E-state index contributed by atoms with van der Waals surface area (Å²) in [6, 6.07) is 15.0. The molecule has 37 heavy (non-hydrogen) atoms. The number of aliphatic imine (C=N–C) groups is 1. The number of halogens is 2. The van der Waals surface area contributed by atoms with Crippen molar-refractivity contribution in [2.45, 2.75) is 56.4 Å². The zero-order valence-electron chi connectivity index (χ0n) is 21.4. The molecule has 6 rings (SSSR count). The number of aryl methyl sites for hydroxylation is 1. The zero-order chi connectivity index (χ0) is 26.0. The molecule has 3 saturated heterocycles. The summed E-state index contributed by atoms with van der Waals surface area (Å²) in [7, 11) is 1.75. The van der Waals surface area contributed by atoms with Crippen LogP contribution < -0.4 is 0 Å². The van der Waals surface area contributed by atoms with Gasteiger partial charge in [-0.15, -0.1) is 0 Å². The van der Waals surface area contributed by atoms with Crippen LogP contribution >= 0.6 is 23.2 Å². The Morgan fingerprint density at radius 1 is 1.14 bits per heavy atom. The van der Waals surface area contributed by atoms with Crippen molar-refractivity contribution < 1.29 is 9.59 Å². The highest BCUT2D eigenvalue weighted by molar-refractivity contribution is 6.35. The fraction of sp³-hybridized carbons (Fsp3) is 0.500. The fourth-order valence-corrected chi connectivity index (χ4v) is 6.73. The smallest absolute Gasteiger partial charge is 0.268 e. The lowest BCUT2D eigenvalue weighted by molar-refractivity contribution is -0.140. The average molecular weight is 541 g/mol. The van der Waals surface area contributed by atoms with Gasteiger partial charge in [-0.1, -0.05) is 59.6 Å². The number of carbonyl (C=O) groups excluding carboxylic acids is 2. The van der Waals surface area contributed by atoms with Crippen molar-refractivity contribution in [3.05, 3.63) is 69.7 Å². The van der Waals surface area contributed by atoms with Crippen molar-refractivity contribution in [3.63, 3.8) is 0 Å². The van der Waals surface area contributed by atoms with Gasteiger partial charge in [0.2, 0.25) is 5.91 Å². The van der Waals surface area contributed by atoms with E-state index in [1.54, 1.807) is 24.1 Å². The molecule has 2 atom stereocenters. The molecule has 3 aliphatic heterocycles. The largest absolute Gasteiger partial charge is 0.333 e. The lowest BCUT2D eigenvalue weighted by Gasteiger charge is -2.43. The van der Waals surface area contributed by atoms with Gasteiger partial charge in [-0.3, -0.25) is 9.59 Å². The van der Waals surface area contributed by atoms with Gasteiger partial charge >= 0.3 is 0 Å². The summed E-state index contributed by atoms with van der Waals surface area (Å²) in [5.41, 5.74) is 1.33. The number of rotatable bonds is 9. The number of piperidine rings is 3. The van der Waals surface area contributed by atoms with Crippen LogP contribution in [0.5, 0.6) is 0 Å². The molecule has 2 aromatic carbocycles. The van der Waals surface area contributed by atoms with Crippen molar-refractivity contribution in [1.29, 1.82) is 0 Å². The lowest BCUT2D eigenvalue weighted by atomic mass is 9.80. The summed E-state index contributed by atoms with van der Waals surface area (Å²) in [5, 5.41) is 1.04. The van der Waals surface area contributed by atoms with E-state index in [4.69, 9.17) is 23.2 Å². The molecule has 1 saturated carbocycles. The predicted molar refractivity (Wildman–Crippen MR) is 149 cm³/mol. The standard InChI is InChI=1S/C30H35Cl2N3O2/c1-34(29(37)30(14-15-30)25-11-10-24(31)18-26(25)32)27(9-5-8-21-6-3-2-4-7-21)28(36)33-19-23-20-35-16-12-22(23)13-17-35/h2-4,6-7,10-11,18-19,22-23,27H,5,8-9,12-17,20H2,1H3. The second kappa shape index (κ2) is 11.3. The van der Waals surface area contributed by atoms with Crippen molar-refractivity contribution in [3.8, 4) is 0 Å². The first-order chi connectivity index (χ1) is 17.9. The average Bonchev–Trinajstić information content (AvgIpc) is 3.72. The van der Waals surface area contributed by atoms with E-state index in [0.29, 0.717) is 41.1 Å². The van der Waals surface area contributed by atoms with Crippen LogP contribution in [-0.4, -0.2) is 60.6 Å². The van der Waals surface area contributed by atoms with Crippen molar-refractivity contribution >= 4 is 41.2 Å². The monoisotopic (exact) mass is 539 g/mol. The van der Waals surface area contributed by atoms with Gasteiger partial charge in [-0.25, -0.2) is 4.99 Å². The minimum absolute atomic E-state index is 0.0622. The summed E-state index contributed by atoms with van der Waals surface area (Å²) >= 11 is 12.6. The number of amides is 2. The number of likely N-dealkylation sites (N-methyl/N-ethyl adjacent to an activating group) is 1. The lowest BCUT2D eigenvalue weighted by Crippen LogP contribution is -2.48. The summed E-state index contributed by atoms with van der Waals surface area (Å²) in [6.07, 6.45) is 7.87. The van der Waals surface area contributed by atoms with E-state index in [1.165, 1.54) is 18.4 Å². The summed E-state index contributed by atoms with van der Waals surface area (Å²) in [6.45, 7) is 3.28. The van der Waals surface area contributed by atoms with E-state index < -0.39 is 11.5 Å². The van der Waals surface area contributed by atoms with Crippen molar-refractivity contribution in [2.24, 2.45) is 16.8 Å². The molecule has 0 radical (unpaired) electrons. The van der Waals surface area contributed by atoms with E-state index in [0.717, 1.165) is 38.0 Å². The van der Waals surface area contributed by atoms with E-state index in [-0.39, 0.29) is 11.8 Å². The minimum atomic E-state index is -0.687. The Labute approximate surface area is 229 Å². The topological polar surface area (TPSA) is 53.0 Å². The molecule has 2 amide bonds. The molecule has 1 aliphatic carbocycles. The SMILES string of the molecule is CN(C(=O)C1(c2ccc(Cl)cc2Cl)CC1)C(CCCc1ccccc1)C(=O)N=CC1CN2CCC1CC2. The Morgan fingerprint density at radius 3 is 2.49 bits per heavy atom. The highest BCUT2D eigenvalue weighted by Gasteiger charge is 2.54. The molecule has 7 heteroatoms. The van der Waals surface area contributed by atoms with Crippen LogP contribution in [0.15, 0.2) is 53.5 Å². The molecule has 3 heterocycles. The van der Waals surface area contributed by atoms with Crippen LogP contribution in [0.3, 0.4) is 0 Å². The Bertz CT molecular complexity index is 1160. The van der Waals surface area contributed by atoms with Gasteiger partial charge < -0.3 is 9.80 Å². The molecule has 0 spiro atoms. The number of nitrogens with zero attached hydrogens (tertiary/aromatic N) is 3. The van der Waals surface area contributed by atoms with Crippen LogP contribution in [0.1, 0.15) is 49.7 Å². The van der Waals surface area contributed by atoms with Gasteiger partial charge in [-0.05, 0) is 87.2 Å². The molecule has 0 N–H and O–H groups in total. The highest BCUT2D eigenvalue weighted by atomic mass is 35.5. The molecular formula is C30H35Cl2N3O2. The van der Waals surface area contributed by atoms with Gasteiger partial charge in [0, 0.05) is 35.8 Å². The predicted octanol–water partition coefficient (Wildman–Crippen LogP) is 5.81. The molecular weight excluding hydrogens is 505 g/mol. The Kier molecular flexibility index (Phi) is 8.04. The van der Waals surface area contributed by atoms with Crippen LogP contribution in [0.2, 0.25) is 10.0 Å². The van der Waals surface area contributed by atoms with Crippen LogP contribution in [-0.2, 0) is 21.4 Å². The summed E-state index contributed by atoms with van der Waals surface area (Å²) in [4.78, 5) is 36.0. The second-order valence-electron chi connectivity index (χ2n) is 10.9. The normalized spacial score (nSPS) is 24.7. The third-order valence-corrected chi connectivity index (χ3v) is 9.11. The fourth-order valence-electron chi connectivity index (χ4n) is 6.14. The Hall–Kier alpha value is -2.21. The van der Waals surface area contributed by atoms with E-state index >= 15 is 0 Å². The van der Waals surface area contributed by atoms with E-state index in [1.807, 2.05) is 30.5 Å². The molecule has 2 bridgehead atoms. The summed E-state index contributed by atoms with van der Waals surface area (Å²) in [5.74, 6) is 0.644. The molecule has 5 nitrogen and oxygen atoms in total. The van der Waals surface area contributed by atoms with Crippen LogP contribution in [0.25, 0.3) is 0 Å². The first-order valence-corrected chi connectivity index (χ1v) is 14.2. The quantitative estimate of drug-likeness (QED) is 0.377. The first-order valence-electron chi connectivity index (χ1n) is 13.4.